The second-order valence-electron chi connectivity index (χ2n) is 3.99. The summed E-state index contributed by atoms with van der Waals surface area (Å²) in [5.41, 5.74) is 1.25. The minimum Gasteiger partial charge on any atom is -0.344 e. The van der Waals surface area contributed by atoms with E-state index in [-0.39, 0.29) is 22.8 Å². The molecule has 1 aromatic carbocycles. The Hall–Kier alpha value is -1.46. The Morgan fingerprint density at radius 2 is 2.11 bits per heavy atom. The molecule has 2 rings (SSSR count). The van der Waals surface area contributed by atoms with Crippen molar-refractivity contribution in [3.63, 3.8) is 0 Å². The Labute approximate surface area is 124 Å². The lowest BCUT2D eigenvalue weighted by atomic mass is 10.1. The molecule has 0 aliphatic rings. The Bertz CT molecular complexity index is 589. The summed E-state index contributed by atoms with van der Waals surface area (Å²) in [5, 5.41) is 10.5. The number of benzene rings is 1. The van der Waals surface area contributed by atoms with E-state index in [0.29, 0.717) is 0 Å². The van der Waals surface area contributed by atoms with Crippen LogP contribution in [0, 0.1) is 0 Å². The minimum absolute atomic E-state index is 0.123. The molecule has 0 spiro atoms. The molecule has 0 saturated heterocycles. The van der Waals surface area contributed by atoms with Gasteiger partial charge in [-0.25, -0.2) is 0 Å². The molecule has 1 amide bonds. The molecular weight excluding hydrogens is 330 g/mol. The zero-order chi connectivity index (χ0) is 13.8. The molecule has 0 bridgehead atoms. The largest absolute Gasteiger partial charge is 0.344 e. The van der Waals surface area contributed by atoms with Crippen molar-refractivity contribution in [1.29, 1.82) is 0 Å². The van der Waals surface area contributed by atoms with E-state index in [2.05, 4.69) is 31.4 Å². The quantitative estimate of drug-likeness (QED) is 0.932. The normalized spacial score (nSPS) is 11.9. The van der Waals surface area contributed by atoms with Crippen LogP contribution >= 0.6 is 27.5 Å². The monoisotopic (exact) mass is 339 g/mol. The van der Waals surface area contributed by atoms with E-state index in [4.69, 9.17) is 11.6 Å². The predicted molar refractivity (Wildman–Crippen MR) is 77.1 cm³/mol. The molecule has 0 radical (unpaired) electrons. The Morgan fingerprint density at radius 1 is 1.32 bits per heavy atom. The second kappa shape index (κ2) is 6.12. The van der Waals surface area contributed by atoms with Gasteiger partial charge in [0.2, 0.25) is 0 Å². The number of nitrogens with one attached hydrogen (secondary N) is 1. The zero-order valence-electron chi connectivity index (χ0n) is 10.1. The fraction of sp³-hybridized carbons (Fsp3) is 0.154. The summed E-state index contributed by atoms with van der Waals surface area (Å²) in [7, 11) is 0. The van der Waals surface area contributed by atoms with E-state index in [1.165, 1.54) is 12.1 Å². The van der Waals surface area contributed by atoms with Crippen LogP contribution < -0.4 is 5.32 Å². The Kier molecular flexibility index (Phi) is 4.50. The molecule has 1 atom stereocenters. The van der Waals surface area contributed by atoms with Gasteiger partial charge in [0.25, 0.3) is 5.91 Å². The third-order valence-corrected chi connectivity index (χ3v) is 3.26. The first-order chi connectivity index (χ1) is 9.06. The number of halogens is 2. The van der Waals surface area contributed by atoms with Crippen LogP contribution in [0.5, 0.6) is 0 Å². The van der Waals surface area contributed by atoms with Gasteiger partial charge in [0.15, 0.2) is 10.8 Å². The van der Waals surface area contributed by atoms with Crippen LogP contribution in [-0.2, 0) is 0 Å². The van der Waals surface area contributed by atoms with E-state index < -0.39 is 0 Å². The molecular formula is C13H11BrClN3O. The van der Waals surface area contributed by atoms with Crippen molar-refractivity contribution >= 4 is 33.4 Å². The number of amides is 1. The van der Waals surface area contributed by atoms with E-state index >= 15 is 0 Å². The van der Waals surface area contributed by atoms with E-state index in [1.807, 2.05) is 31.2 Å². The van der Waals surface area contributed by atoms with Crippen molar-refractivity contribution in [2.24, 2.45) is 0 Å². The number of nitrogens with zero attached hydrogens (tertiary/aromatic N) is 2. The standard InChI is InChI=1S/C13H11BrClN3O/c1-8(9-3-2-4-10(14)7-9)16-13(19)11-5-6-12(15)18-17-11/h2-8H,1H3,(H,16,19). The molecule has 0 saturated carbocycles. The van der Waals surface area contributed by atoms with Gasteiger partial charge in [-0.05, 0) is 36.8 Å². The predicted octanol–water partition coefficient (Wildman–Crippen LogP) is 3.38. The maximum atomic E-state index is 12.0. The van der Waals surface area contributed by atoms with Gasteiger partial charge in [0, 0.05) is 4.47 Å². The summed E-state index contributed by atoms with van der Waals surface area (Å²) in [6.45, 7) is 1.91. The summed E-state index contributed by atoms with van der Waals surface area (Å²) < 4.78 is 0.970. The first-order valence-corrected chi connectivity index (χ1v) is 6.79. The maximum Gasteiger partial charge on any atom is 0.272 e. The third-order valence-electron chi connectivity index (χ3n) is 2.56. The van der Waals surface area contributed by atoms with E-state index in [1.54, 1.807) is 0 Å². The third kappa shape index (κ3) is 3.75. The number of hydrogen-bond acceptors (Lipinski definition) is 3. The summed E-state index contributed by atoms with van der Waals surface area (Å²) in [6, 6.07) is 10.7. The summed E-state index contributed by atoms with van der Waals surface area (Å²) in [4.78, 5) is 12.0. The highest BCUT2D eigenvalue weighted by atomic mass is 79.9. The molecule has 98 valence electrons. The molecule has 0 aliphatic heterocycles. The number of hydrogen-bond donors (Lipinski definition) is 1. The van der Waals surface area contributed by atoms with Gasteiger partial charge in [0.05, 0.1) is 6.04 Å². The van der Waals surface area contributed by atoms with Gasteiger partial charge < -0.3 is 5.32 Å². The first kappa shape index (κ1) is 14.0. The highest BCUT2D eigenvalue weighted by molar-refractivity contribution is 9.10. The molecule has 1 aromatic heterocycles. The fourth-order valence-corrected chi connectivity index (χ4v) is 2.08. The summed E-state index contributed by atoms with van der Waals surface area (Å²) >= 11 is 9.02. The molecule has 0 fully saturated rings. The molecule has 0 aliphatic carbocycles. The van der Waals surface area contributed by atoms with Crippen LogP contribution in [0.25, 0.3) is 0 Å². The lowest BCUT2D eigenvalue weighted by Crippen LogP contribution is -2.27. The minimum atomic E-state index is -0.281. The SMILES string of the molecule is CC(NC(=O)c1ccc(Cl)nn1)c1cccc(Br)c1. The van der Waals surface area contributed by atoms with Gasteiger partial charge in [-0.15, -0.1) is 10.2 Å². The van der Waals surface area contributed by atoms with Crippen molar-refractivity contribution in [3.05, 3.63) is 57.3 Å². The van der Waals surface area contributed by atoms with Crippen molar-refractivity contribution in [1.82, 2.24) is 15.5 Å². The summed E-state index contributed by atoms with van der Waals surface area (Å²) in [5.74, 6) is -0.281. The molecule has 6 heteroatoms. The molecule has 4 nitrogen and oxygen atoms in total. The molecule has 1 heterocycles. The molecule has 1 N–H and O–H groups in total. The summed E-state index contributed by atoms with van der Waals surface area (Å²) in [6.07, 6.45) is 0. The van der Waals surface area contributed by atoms with Crippen LogP contribution in [0.3, 0.4) is 0 Å². The average molecular weight is 341 g/mol. The fourth-order valence-electron chi connectivity index (χ4n) is 1.57. The number of carbonyl (C=O) groups is 1. The van der Waals surface area contributed by atoms with Gasteiger partial charge in [-0.2, -0.15) is 0 Å². The maximum absolute atomic E-state index is 12.0. The van der Waals surface area contributed by atoms with Gasteiger partial charge >= 0.3 is 0 Å². The van der Waals surface area contributed by atoms with Crippen LogP contribution in [0.2, 0.25) is 5.15 Å². The van der Waals surface area contributed by atoms with Crippen LogP contribution in [0.15, 0.2) is 40.9 Å². The lowest BCUT2D eigenvalue weighted by molar-refractivity contribution is 0.0934. The first-order valence-electron chi connectivity index (χ1n) is 5.62. The van der Waals surface area contributed by atoms with E-state index in [0.717, 1.165) is 10.0 Å². The van der Waals surface area contributed by atoms with Gasteiger partial charge in [-0.1, -0.05) is 39.7 Å². The van der Waals surface area contributed by atoms with Crippen LogP contribution in [0.4, 0.5) is 0 Å². The van der Waals surface area contributed by atoms with Crippen molar-refractivity contribution < 1.29 is 4.79 Å². The highest BCUT2D eigenvalue weighted by Crippen LogP contribution is 2.18. The van der Waals surface area contributed by atoms with Crippen molar-refractivity contribution in [3.8, 4) is 0 Å². The van der Waals surface area contributed by atoms with Crippen LogP contribution in [0.1, 0.15) is 29.0 Å². The van der Waals surface area contributed by atoms with Crippen LogP contribution in [-0.4, -0.2) is 16.1 Å². The molecule has 2 aromatic rings. The molecule has 1 unspecified atom stereocenters. The van der Waals surface area contributed by atoms with Gasteiger partial charge in [0.1, 0.15) is 0 Å². The highest BCUT2D eigenvalue weighted by Gasteiger charge is 2.13. The zero-order valence-corrected chi connectivity index (χ0v) is 12.4. The smallest absolute Gasteiger partial charge is 0.272 e. The lowest BCUT2D eigenvalue weighted by Gasteiger charge is -2.14. The Balaban J connectivity index is 2.08. The Morgan fingerprint density at radius 3 is 2.74 bits per heavy atom. The molecule has 19 heavy (non-hydrogen) atoms. The van der Waals surface area contributed by atoms with E-state index in [9.17, 15) is 4.79 Å². The van der Waals surface area contributed by atoms with Crippen molar-refractivity contribution in [2.75, 3.05) is 0 Å². The van der Waals surface area contributed by atoms with Crippen molar-refractivity contribution in [2.45, 2.75) is 13.0 Å². The average Bonchev–Trinajstić information content (AvgIpc) is 2.39. The van der Waals surface area contributed by atoms with Gasteiger partial charge in [-0.3, -0.25) is 4.79 Å². The topological polar surface area (TPSA) is 54.9 Å². The number of carbonyl (C=O) groups excluding carboxylic acids is 1. The number of aromatic nitrogens is 2. The second-order valence-corrected chi connectivity index (χ2v) is 5.29. The number of rotatable bonds is 3.